The summed E-state index contributed by atoms with van der Waals surface area (Å²) in [6.07, 6.45) is 0. The van der Waals surface area contributed by atoms with Gasteiger partial charge in [0.1, 0.15) is 11.5 Å². The molecule has 22 heavy (non-hydrogen) atoms. The Morgan fingerprint density at radius 3 is 1.64 bits per heavy atom. The zero-order valence-corrected chi connectivity index (χ0v) is 12.7. The first-order chi connectivity index (χ1) is 10.6. The van der Waals surface area contributed by atoms with Gasteiger partial charge in [-0.1, -0.05) is 36.4 Å². The first kappa shape index (κ1) is 14.2. The van der Waals surface area contributed by atoms with Crippen LogP contribution >= 0.6 is 0 Å². The fourth-order valence-electron chi connectivity index (χ4n) is 2.87. The summed E-state index contributed by atoms with van der Waals surface area (Å²) in [7, 11) is 0. The number of aromatic hydroxyl groups is 2. The summed E-state index contributed by atoms with van der Waals surface area (Å²) in [6.45, 7) is 4.20. The van der Waals surface area contributed by atoms with Crippen molar-refractivity contribution in [3.63, 3.8) is 0 Å². The molecule has 2 heteroatoms. The summed E-state index contributed by atoms with van der Waals surface area (Å²) in [5, 5.41) is 18.9. The van der Waals surface area contributed by atoms with Crippen molar-refractivity contribution in [1.29, 1.82) is 0 Å². The Labute approximate surface area is 130 Å². The highest BCUT2D eigenvalue weighted by Gasteiger charge is 2.11. The Kier molecular flexibility index (Phi) is 3.60. The third-order valence-corrected chi connectivity index (χ3v) is 4.01. The van der Waals surface area contributed by atoms with Crippen molar-refractivity contribution >= 4 is 0 Å². The number of rotatable bonds is 2. The molecule has 0 saturated heterocycles. The van der Waals surface area contributed by atoms with Gasteiger partial charge in [-0.25, -0.2) is 0 Å². The molecule has 0 heterocycles. The van der Waals surface area contributed by atoms with Gasteiger partial charge in [-0.2, -0.15) is 0 Å². The molecule has 0 fully saturated rings. The van der Waals surface area contributed by atoms with Crippen LogP contribution in [0, 0.1) is 13.8 Å². The molecule has 0 amide bonds. The zero-order valence-electron chi connectivity index (χ0n) is 12.7. The van der Waals surface area contributed by atoms with Crippen molar-refractivity contribution in [3.05, 3.63) is 71.8 Å². The van der Waals surface area contributed by atoms with Crippen LogP contribution in [0.5, 0.6) is 11.5 Å². The molecule has 0 saturated carbocycles. The van der Waals surface area contributed by atoms with Gasteiger partial charge in [0.15, 0.2) is 0 Å². The number of benzene rings is 3. The lowest BCUT2D eigenvalue weighted by molar-refractivity contribution is 0.475. The van der Waals surface area contributed by atoms with E-state index in [-0.39, 0.29) is 11.5 Å². The van der Waals surface area contributed by atoms with E-state index in [4.69, 9.17) is 0 Å². The van der Waals surface area contributed by atoms with Crippen LogP contribution in [0.15, 0.2) is 60.7 Å². The van der Waals surface area contributed by atoms with Gasteiger partial charge >= 0.3 is 0 Å². The van der Waals surface area contributed by atoms with E-state index < -0.39 is 0 Å². The van der Waals surface area contributed by atoms with E-state index >= 15 is 0 Å². The SMILES string of the molecule is Cc1ccc(-c2ccc(O)cc2)c(C)c1-c1ccc(O)cc1. The third kappa shape index (κ3) is 2.56. The van der Waals surface area contributed by atoms with E-state index in [2.05, 4.69) is 26.0 Å². The van der Waals surface area contributed by atoms with Crippen LogP contribution in [0.3, 0.4) is 0 Å². The van der Waals surface area contributed by atoms with Crippen LogP contribution in [0.25, 0.3) is 22.3 Å². The van der Waals surface area contributed by atoms with Crippen LogP contribution < -0.4 is 0 Å². The quantitative estimate of drug-likeness (QED) is 0.693. The second kappa shape index (κ2) is 5.57. The van der Waals surface area contributed by atoms with Crippen LogP contribution in [0.4, 0.5) is 0 Å². The van der Waals surface area contributed by atoms with E-state index in [1.807, 2.05) is 24.3 Å². The van der Waals surface area contributed by atoms with Crippen LogP contribution in [-0.2, 0) is 0 Å². The molecular weight excluding hydrogens is 272 g/mol. The Morgan fingerprint density at radius 1 is 0.591 bits per heavy atom. The fraction of sp³-hybridized carbons (Fsp3) is 0.100. The standard InChI is InChI=1S/C20H18O2/c1-13-3-12-19(15-4-8-17(21)9-5-15)14(2)20(13)16-6-10-18(22)11-7-16/h3-12,21-22H,1-2H3. The van der Waals surface area contributed by atoms with Crippen LogP contribution in [0.1, 0.15) is 11.1 Å². The lowest BCUT2D eigenvalue weighted by atomic mass is 9.89. The van der Waals surface area contributed by atoms with Gasteiger partial charge in [-0.3, -0.25) is 0 Å². The number of phenolic OH excluding ortho intramolecular Hbond substituents is 2. The summed E-state index contributed by atoms with van der Waals surface area (Å²) in [6, 6.07) is 18.8. The Morgan fingerprint density at radius 2 is 1.09 bits per heavy atom. The smallest absolute Gasteiger partial charge is 0.115 e. The molecule has 3 aromatic carbocycles. The Balaban J connectivity index is 2.17. The van der Waals surface area contributed by atoms with E-state index in [0.29, 0.717) is 0 Å². The molecule has 3 rings (SSSR count). The van der Waals surface area contributed by atoms with E-state index in [9.17, 15) is 10.2 Å². The molecule has 2 nitrogen and oxygen atoms in total. The first-order valence-corrected chi connectivity index (χ1v) is 7.25. The molecule has 0 spiro atoms. The molecule has 0 aromatic heterocycles. The Hall–Kier alpha value is -2.74. The van der Waals surface area contributed by atoms with Gasteiger partial charge in [-0.15, -0.1) is 0 Å². The maximum Gasteiger partial charge on any atom is 0.115 e. The van der Waals surface area contributed by atoms with Gasteiger partial charge in [0.25, 0.3) is 0 Å². The van der Waals surface area contributed by atoms with E-state index in [1.54, 1.807) is 24.3 Å². The van der Waals surface area contributed by atoms with Crippen LogP contribution in [0.2, 0.25) is 0 Å². The fourth-order valence-corrected chi connectivity index (χ4v) is 2.87. The predicted octanol–water partition coefficient (Wildman–Crippen LogP) is 5.05. The topological polar surface area (TPSA) is 40.5 Å². The average Bonchev–Trinajstić information content (AvgIpc) is 2.51. The molecule has 0 aliphatic carbocycles. The van der Waals surface area contributed by atoms with Crippen LogP contribution in [-0.4, -0.2) is 10.2 Å². The molecule has 3 aromatic rings. The zero-order chi connectivity index (χ0) is 15.7. The maximum atomic E-state index is 9.48. The summed E-state index contributed by atoms with van der Waals surface area (Å²) < 4.78 is 0. The van der Waals surface area contributed by atoms with Gasteiger partial charge < -0.3 is 10.2 Å². The molecular formula is C20H18O2. The highest BCUT2D eigenvalue weighted by atomic mass is 16.3. The summed E-state index contributed by atoms with van der Waals surface area (Å²) >= 11 is 0. The second-order valence-electron chi connectivity index (χ2n) is 5.52. The maximum absolute atomic E-state index is 9.48. The highest BCUT2D eigenvalue weighted by Crippen LogP contribution is 2.35. The molecule has 0 atom stereocenters. The van der Waals surface area contributed by atoms with Crippen molar-refractivity contribution in [2.75, 3.05) is 0 Å². The molecule has 110 valence electrons. The number of phenols is 2. The number of aryl methyl sites for hydroxylation is 1. The number of hydrogen-bond acceptors (Lipinski definition) is 2. The molecule has 0 radical (unpaired) electrons. The molecule has 0 aliphatic heterocycles. The van der Waals surface area contributed by atoms with Crippen molar-refractivity contribution in [2.45, 2.75) is 13.8 Å². The Bertz CT molecular complexity index is 800. The van der Waals surface area contributed by atoms with Crippen molar-refractivity contribution in [2.24, 2.45) is 0 Å². The first-order valence-electron chi connectivity index (χ1n) is 7.25. The van der Waals surface area contributed by atoms with Gasteiger partial charge in [0.05, 0.1) is 0 Å². The van der Waals surface area contributed by atoms with Gasteiger partial charge in [-0.05, 0) is 71.5 Å². The number of hydrogen-bond donors (Lipinski definition) is 2. The molecule has 2 N–H and O–H groups in total. The summed E-state index contributed by atoms with van der Waals surface area (Å²) in [5.41, 5.74) is 6.89. The van der Waals surface area contributed by atoms with E-state index in [0.717, 1.165) is 16.7 Å². The third-order valence-electron chi connectivity index (χ3n) is 4.01. The minimum Gasteiger partial charge on any atom is -0.508 e. The minimum absolute atomic E-state index is 0.271. The highest BCUT2D eigenvalue weighted by molar-refractivity contribution is 5.80. The van der Waals surface area contributed by atoms with Crippen molar-refractivity contribution < 1.29 is 10.2 Å². The van der Waals surface area contributed by atoms with E-state index in [1.165, 1.54) is 16.7 Å². The molecule has 0 unspecified atom stereocenters. The van der Waals surface area contributed by atoms with Gasteiger partial charge in [0.2, 0.25) is 0 Å². The summed E-state index contributed by atoms with van der Waals surface area (Å²) in [4.78, 5) is 0. The normalized spacial score (nSPS) is 10.6. The molecule has 0 bridgehead atoms. The lowest BCUT2D eigenvalue weighted by Gasteiger charge is -2.15. The summed E-state index contributed by atoms with van der Waals surface area (Å²) in [5.74, 6) is 0.543. The largest absolute Gasteiger partial charge is 0.508 e. The predicted molar refractivity (Wildman–Crippen MR) is 90.1 cm³/mol. The lowest BCUT2D eigenvalue weighted by Crippen LogP contribution is -1.92. The molecule has 0 aliphatic rings. The van der Waals surface area contributed by atoms with Crippen molar-refractivity contribution in [1.82, 2.24) is 0 Å². The monoisotopic (exact) mass is 290 g/mol. The average molecular weight is 290 g/mol. The minimum atomic E-state index is 0.271. The van der Waals surface area contributed by atoms with Gasteiger partial charge in [0, 0.05) is 0 Å². The van der Waals surface area contributed by atoms with Crippen molar-refractivity contribution in [3.8, 4) is 33.8 Å². The second-order valence-corrected chi connectivity index (χ2v) is 5.52.